The predicted molar refractivity (Wildman–Crippen MR) is 62.8 cm³/mol. The highest BCUT2D eigenvalue weighted by atomic mass is 19.1. The third-order valence-corrected chi connectivity index (χ3v) is 2.43. The van der Waals surface area contributed by atoms with Gasteiger partial charge in [0.2, 0.25) is 0 Å². The zero-order chi connectivity index (χ0) is 12.8. The van der Waals surface area contributed by atoms with E-state index in [0.29, 0.717) is 12.5 Å². The molecule has 94 valence electrons. The molecule has 0 aliphatic rings. The third-order valence-electron chi connectivity index (χ3n) is 2.43. The summed E-state index contributed by atoms with van der Waals surface area (Å²) in [4.78, 5) is 11.5. The van der Waals surface area contributed by atoms with E-state index >= 15 is 0 Å². The Morgan fingerprint density at radius 2 is 1.88 bits per heavy atom. The van der Waals surface area contributed by atoms with Crippen LogP contribution in [0.15, 0.2) is 18.2 Å². The number of carbonyl (C=O) groups is 1. The van der Waals surface area contributed by atoms with E-state index in [1.165, 1.54) is 6.07 Å². The number of halogens is 2. The molecule has 1 aromatic rings. The Kier molecular flexibility index (Phi) is 5.07. The maximum absolute atomic E-state index is 13.2. The molecule has 1 rings (SSSR count). The van der Waals surface area contributed by atoms with Crippen molar-refractivity contribution < 1.29 is 13.6 Å². The molecule has 1 N–H and O–H groups in total. The van der Waals surface area contributed by atoms with Crippen LogP contribution in [0.25, 0.3) is 0 Å². The summed E-state index contributed by atoms with van der Waals surface area (Å²) >= 11 is 0. The molecule has 1 aromatic carbocycles. The van der Waals surface area contributed by atoms with Crippen molar-refractivity contribution in [3.63, 3.8) is 0 Å². The summed E-state index contributed by atoms with van der Waals surface area (Å²) in [6, 6.07) is 3.39. The summed E-state index contributed by atoms with van der Waals surface area (Å²) < 4.78 is 26.5. The van der Waals surface area contributed by atoms with E-state index in [9.17, 15) is 13.6 Å². The van der Waals surface area contributed by atoms with Gasteiger partial charge in [0, 0.05) is 6.54 Å². The van der Waals surface area contributed by atoms with Gasteiger partial charge >= 0.3 is 0 Å². The van der Waals surface area contributed by atoms with E-state index in [-0.39, 0.29) is 0 Å². The summed E-state index contributed by atoms with van der Waals surface area (Å²) in [5.74, 6) is -1.79. The van der Waals surface area contributed by atoms with Gasteiger partial charge in [-0.1, -0.05) is 19.9 Å². The van der Waals surface area contributed by atoms with Gasteiger partial charge in [0.25, 0.3) is 5.91 Å². The first-order valence-corrected chi connectivity index (χ1v) is 5.74. The maximum Gasteiger partial charge on any atom is 0.257 e. The lowest BCUT2D eigenvalue weighted by Crippen LogP contribution is -2.26. The van der Waals surface area contributed by atoms with Gasteiger partial charge in [0.1, 0.15) is 17.2 Å². The minimum atomic E-state index is -0.827. The fourth-order valence-electron chi connectivity index (χ4n) is 1.52. The summed E-state index contributed by atoms with van der Waals surface area (Å²) in [6.45, 7) is 4.60. The summed E-state index contributed by atoms with van der Waals surface area (Å²) in [6.07, 6.45) is 1.78. The van der Waals surface area contributed by atoms with Crippen LogP contribution in [0.5, 0.6) is 0 Å². The van der Waals surface area contributed by atoms with Crippen LogP contribution in [-0.2, 0) is 0 Å². The van der Waals surface area contributed by atoms with Gasteiger partial charge in [-0.2, -0.15) is 0 Å². The Balaban J connectivity index is 2.53. The molecule has 1 amide bonds. The SMILES string of the molecule is CC(C)CCCNC(=O)c1c(F)cccc1F. The van der Waals surface area contributed by atoms with E-state index in [1.54, 1.807) is 0 Å². The van der Waals surface area contributed by atoms with Crippen molar-refractivity contribution in [1.82, 2.24) is 5.32 Å². The minimum absolute atomic E-state index is 0.435. The molecule has 0 aliphatic carbocycles. The number of carbonyl (C=O) groups excluding carboxylic acids is 1. The van der Waals surface area contributed by atoms with E-state index in [0.717, 1.165) is 25.0 Å². The Hall–Kier alpha value is -1.45. The topological polar surface area (TPSA) is 29.1 Å². The normalized spacial score (nSPS) is 10.6. The van der Waals surface area contributed by atoms with E-state index in [2.05, 4.69) is 19.2 Å². The van der Waals surface area contributed by atoms with Gasteiger partial charge in [0.05, 0.1) is 0 Å². The zero-order valence-electron chi connectivity index (χ0n) is 10.1. The zero-order valence-corrected chi connectivity index (χ0v) is 10.1. The van der Waals surface area contributed by atoms with Crippen molar-refractivity contribution in [3.05, 3.63) is 35.4 Å². The lowest BCUT2D eigenvalue weighted by atomic mass is 10.1. The molecule has 0 bridgehead atoms. The average Bonchev–Trinajstić information content (AvgIpc) is 2.24. The molecule has 0 heterocycles. The Bertz CT molecular complexity index is 371. The molecule has 0 atom stereocenters. The summed E-state index contributed by atoms with van der Waals surface area (Å²) in [5, 5.41) is 2.52. The summed E-state index contributed by atoms with van der Waals surface area (Å²) in [5.41, 5.74) is -0.503. The Morgan fingerprint density at radius 1 is 1.29 bits per heavy atom. The predicted octanol–water partition coefficient (Wildman–Crippen LogP) is 3.13. The van der Waals surface area contributed by atoms with Gasteiger partial charge in [-0.05, 0) is 30.9 Å². The van der Waals surface area contributed by atoms with Crippen molar-refractivity contribution in [3.8, 4) is 0 Å². The fraction of sp³-hybridized carbons (Fsp3) is 0.462. The molecule has 0 radical (unpaired) electrons. The molecule has 2 nitrogen and oxygen atoms in total. The molecule has 0 aliphatic heterocycles. The minimum Gasteiger partial charge on any atom is -0.352 e. The molecule has 0 aromatic heterocycles. The van der Waals surface area contributed by atoms with Crippen molar-refractivity contribution in [2.75, 3.05) is 6.54 Å². The number of hydrogen-bond donors (Lipinski definition) is 1. The van der Waals surface area contributed by atoms with Crippen molar-refractivity contribution in [2.45, 2.75) is 26.7 Å². The Labute approximate surface area is 100 Å². The second-order valence-electron chi connectivity index (χ2n) is 4.39. The number of rotatable bonds is 5. The van der Waals surface area contributed by atoms with Crippen LogP contribution in [0, 0.1) is 17.6 Å². The smallest absolute Gasteiger partial charge is 0.257 e. The molecule has 0 unspecified atom stereocenters. The van der Waals surface area contributed by atoms with Crippen LogP contribution < -0.4 is 5.32 Å². The highest BCUT2D eigenvalue weighted by Gasteiger charge is 2.16. The van der Waals surface area contributed by atoms with Crippen LogP contribution in [-0.4, -0.2) is 12.5 Å². The van der Waals surface area contributed by atoms with Crippen LogP contribution in [0.2, 0.25) is 0 Å². The molecule has 0 saturated carbocycles. The number of benzene rings is 1. The second kappa shape index (κ2) is 6.33. The van der Waals surface area contributed by atoms with Crippen molar-refractivity contribution in [2.24, 2.45) is 5.92 Å². The lowest BCUT2D eigenvalue weighted by molar-refractivity contribution is 0.0944. The lowest BCUT2D eigenvalue weighted by Gasteiger charge is -2.08. The summed E-state index contributed by atoms with van der Waals surface area (Å²) in [7, 11) is 0. The monoisotopic (exact) mass is 241 g/mol. The second-order valence-corrected chi connectivity index (χ2v) is 4.39. The van der Waals surface area contributed by atoms with Crippen LogP contribution in [0.4, 0.5) is 8.78 Å². The number of nitrogens with one attached hydrogen (secondary N) is 1. The van der Waals surface area contributed by atoms with Crippen LogP contribution in [0.3, 0.4) is 0 Å². The van der Waals surface area contributed by atoms with Gasteiger partial charge in [-0.15, -0.1) is 0 Å². The van der Waals surface area contributed by atoms with Crippen molar-refractivity contribution in [1.29, 1.82) is 0 Å². The first kappa shape index (κ1) is 13.6. The van der Waals surface area contributed by atoms with Crippen molar-refractivity contribution >= 4 is 5.91 Å². The highest BCUT2D eigenvalue weighted by Crippen LogP contribution is 2.11. The molecule has 4 heteroatoms. The molecule has 0 spiro atoms. The quantitative estimate of drug-likeness (QED) is 0.788. The highest BCUT2D eigenvalue weighted by molar-refractivity contribution is 5.94. The molecule has 0 saturated heterocycles. The van der Waals surface area contributed by atoms with Crippen LogP contribution in [0.1, 0.15) is 37.0 Å². The van der Waals surface area contributed by atoms with Crippen LogP contribution >= 0.6 is 0 Å². The largest absolute Gasteiger partial charge is 0.352 e. The maximum atomic E-state index is 13.2. The van der Waals surface area contributed by atoms with Gasteiger partial charge in [0.15, 0.2) is 0 Å². The van der Waals surface area contributed by atoms with Gasteiger partial charge in [-0.25, -0.2) is 8.78 Å². The van der Waals surface area contributed by atoms with E-state index < -0.39 is 23.1 Å². The first-order chi connectivity index (χ1) is 8.02. The molecule has 17 heavy (non-hydrogen) atoms. The number of amides is 1. The van der Waals surface area contributed by atoms with E-state index in [1.807, 2.05) is 0 Å². The van der Waals surface area contributed by atoms with E-state index in [4.69, 9.17) is 0 Å². The van der Waals surface area contributed by atoms with Gasteiger partial charge in [-0.3, -0.25) is 4.79 Å². The standard InChI is InChI=1S/C13H17F2NO/c1-9(2)5-4-8-16-13(17)12-10(14)6-3-7-11(12)15/h3,6-7,9H,4-5,8H2,1-2H3,(H,16,17). The third kappa shape index (κ3) is 4.13. The Morgan fingerprint density at radius 3 is 2.41 bits per heavy atom. The molecular formula is C13H17F2NO. The average molecular weight is 241 g/mol. The molecule has 0 fully saturated rings. The first-order valence-electron chi connectivity index (χ1n) is 5.74. The number of hydrogen-bond acceptors (Lipinski definition) is 1. The molecular weight excluding hydrogens is 224 g/mol. The van der Waals surface area contributed by atoms with Gasteiger partial charge < -0.3 is 5.32 Å². The fourth-order valence-corrected chi connectivity index (χ4v) is 1.52.